The molecule has 14 heavy (non-hydrogen) atoms. The maximum atomic E-state index is 11.1. The fraction of sp³-hybridized carbons (Fsp3) is 0.800. The summed E-state index contributed by atoms with van der Waals surface area (Å²) in [6, 6.07) is 0. The van der Waals surface area contributed by atoms with Gasteiger partial charge in [0.25, 0.3) is 0 Å². The summed E-state index contributed by atoms with van der Waals surface area (Å²) in [4.78, 5) is 22.3. The molecule has 1 spiro atoms. The third-order valence-corrected chi connectivity index (χ3v) is 4.17. The van der Waals surface area contributed by atoms with Crippen LogP contribution in [0.5, 0.6) is 0 Å². The number of carbonyl (C=O) groups is 2. The number of aliphatic carboxylic acids is 2. The van der Waals surface area contributed by atoms with Crippen LogP contribution in [0.15, 0.2) is 0 Å². The molecule has 4 heteroatoms. The quantitative estimate of drug-likeness (QED) is 0.659. The van der Waals surface area contributed by atoms with Crippen molar-refractivity contribution in [1.82, 2.24) is 0 Å². The predicted octanol–water partition coefficient (Wildman–Crippen LogP) is 1.50. The first-order valence-corrected chi connectivity index (χ1v) is 5.02. The van der Waals surface area contributed by atoms with E-state index in [4.69, 9.17) is 10.2 Å². The largest absolute Gasteiger partial charge is 0.480 e. The second-order valence-electron chi connectivity index (χ2n) is 4.50. The van der Waals surface area contributed by atoms with Crippen LogP contribution in [0.1, 0.15) is 38.5 Å². The van der Waals surface area contributed by atoms with E-state index in [-0.39, 0.29) is 0 Å². The molecule has 2 saturated carbocycles. The zero-order valence-electron chi connectivity index (χ0n) is 7.95. The van der Waals surface area contributed by atoms with Gasteiger partial charge in [-0.25, -0.2) is 0 Å². The molecule has 4 nitrogen and oxygen atoms in total. The van der Waals surface area contributed by atoms with Crippen LogP contribution in [0.25, 0.3) is 0 Å². The van der Waals surface area contributed by atoms with Gasteiger partial charge in [-0.15, -0.1) is 0 Å². The number of hydrogen-bond donors (Lipinski definition) is 2. The highest BCUT2D eigenvalue weighted by atomic mass is 16.4. The summed E-state index contributed by atoms with van der Waals surface area (Å²) in [5.41, 5.74) is -1.89. The normalized spacial score (nSPS) is 27.1. The molecule has 0 aliphatic heterocycles. The Balaban J connectivity index is 2.37. The lowest BCUT2D eigenvalue weighted by Crippen LogP contribution is -2.59. The van der Waals surface area contributed by atoms with Gasteiger partial charge in [0.05, 0.1) is 0 Å². The minimum atomic E-state index is -1.47. The minimum Gasteiger partial charge on any atom is -0.480 e. The van der Waals surface area contributed by atoms with E-state index in [9.17, 15) is 9.59 Å². The maximum absolute atomic E-state index is 11.1. The molecular formula is C10H14O4. The number of hydrogen-bond acceptors (Lipinski definition) is 2. The minimum absolute atomic E-state index is 0.303. The molecule has 0 radical (unpaired) electrons. The molecular weight excluding hydrogens is 184 g/mol. The Morgan fingerprint density at radius 1 is 0.857 bits per heavy atom. The van der Waals surface area contributed by atoms with Crippen molar-refractivity contribution in [3.63, 3.8) is 0 Å². The zero-order valence-corrected chi connectivity index (χ0v) is 7.95. The van der Waals surface area contributed by atoms with E-state index in [2.05, 4.69) is 0 Å². The van der Waals surface area contributed by atoms with Crippen molar-refractivity contribution in [3.05, 3.63) is 0 Å². The molecule has 2 N–H and O–H groups in total. The molecule has 2 aliphatic carbocycles. The van der Waals surface area contributed by atoms with Crippen LogP contribution in [-0.4, -0.2) is 22.2 Å². The first-order chi connectivity index (χ1) is 6.55. The predicted molar refractivity (Wildman–Crippen MR) is 47.8 cm³/mol. The molecule has 0 saturated heterocycles. The lowest BCUT2D eigenvalue weighted by Gasteiger charge is -2.52. The third kappa shape index (κ3) is 0.837. The van der Waals surface area contributed by atoms with Gasteiger partial charge in [0.1, 0.15) is 0 Å². The number of carboxylic acids is 2. The first kappa shape index (κ1) is 9.49. The molecule has 0 bridgehead atoms. The fourth-order valence-electron chi connectivity index (χ4n) is 3.22. The van der Waals surface area contributed by atoms with Gasteiger partial charge in [0.15, 0.2) is 5.41 Å². The highest BCUT2D eigenvalue weighted by molar-refractivity contribution is 6.00. The summed E-state index contributed by atoms with van der Waals surface area (Å²) in [6.45, 7) is 0. The van der Waals surface area contributed by atoms with E-state index >= 15 is 0 Å². The van der Waals surface area contributed by atoms with Gasteiger partial charge in [0.2, 0.25) is 0 Å². The second-order valence-corrected chi connectivity index (χ2v) is 4.50. The topological polar surface area (TPSA) is 74.6 Å². The Labute approximate surface area is 81.9 Å². The summed E-state index contributed by atoms with van der Waals surface area (Å²) in [5, 5.41) is 18.2. The van der Waals surface area contributed by atoms with E-state index in [1.165, 1.54) is 0 Å². The van der Waals surface area contributed by atoms with Crippen LogP contribution in [0.3, 0.4) is 0 Å². The maximum Gasteiger partial charge on any atom is 0.321 e. The van der Waals surface area contributed by atoms with Crippen LogP contribution in [0.4, 0.5) is 0 Å². The van der Waals surface area contributed by atoms with Crippen LogP contribution in [0.2, 0.25) is 0 Å². The van der Waals surface area contributed by atoms with E-state index < -0.39 is 22.8 Å². The molecule has 0 aromatic rings. The Hall–Kier alpha value is -1.06. The van der Waals surface area contributed by atoms with Gasteiger partial charge in [-0.3, -0.25) is 9.59 Å². The molecule has 0 aromatic carbocycles. The average Bonchev–Trinajstić information content (AvgIpc) is 2.50. The van der Waals surface area contributed by atoms with Crippen molar-refractivity contribution in [1.29, 1.82) is 0 Å². The van der Waals surface area contributed by atoms with Gasteiger partial charge < -0.3 is 10.2 Å². The highest BCUT2D eigenvalue weighted by Crippen LogP contribution is 2.65. The number of rotatable bonds is 2. The summed E-state index contributed by atoms with van der Waals surface area (Å²) < 4.78 is 0. The average molecular weight is 198 g/mol. The summed E-state index contributed by atoms with van der Waals surface area (Å²) in [5.74, 6) is -2.28. The Morgan fingerprint density at radius 3 is 1.64 bits per heavy atom. The Bertz CT molecular complexity index is 274. The molecule has 2 fully saturated rings. The highest BCUT2D eigenvalue weighted by Gasteiger charge is 2.68. The molecule has 2 aliphatic rings. The van der Waals surface area contributed by atoms with Gasteiger partial charge in [-0.05, 0) is 31.1 Å². The molecule has 0 amide bonds. The van der Waals surface area contributed by atoms with Crippen molar-refractivity contribution in [2.24, 2.45) is 10.8 Å². The van der Waals surface area contributed by atoms with Gasteiger partial charge in [0, 0.05) is 0 Å². The molecule has 78 valence electrons. The van der Waals surface area contributed by atoms with Crippen LogP contribution >= 0.6 is 0 Å². The van der Waals surface area contributed by atoms with Crippen molar-refractivity contribution in [2.75, 3.05) is 0 Å². The van der Waals surface area contributed by atoms with E-state index in [1.54, 1.807) is 0 Å². The molecule has 0 unspecified atom stereocenters. The monoisotopic (exact) mass is 198 g/mol. The van der Waals surface area contributed by atoms with Crippen molar-refractivity contribution >= 4 is 11.9 Å². The molecule has 0 aromatic heterocycles. The van der Waals surface area contributed by atoms with E-state index in [0.29, 0.717) is 6.42 Å². The van der Waals surface area contributed by atoms with Crippen LogP contribution in [0, 0.1) is 10.8 Å². The van der Waals surface area contributed by atoms with Gasteiger partial charge in [-0.1, -0.05) is 12.8 Å². The smallest absolute Gasteiger partial charge is 0.321 e. The molecule has 0 atom stereocenters. The summed E-state index contributed by atoms with van der Waals surface area (Å²) in [6.07, 6.45) is 4.56. The van der Waals surface area contributed by atoms with Crippen LogP contribution in [-0.2, 0) is 9.59 Å². The second kappa shape index (κ2) is 2.72. The Morgan fingerprint density at radius 2 is 1.36 bits per heavy atom. The van der Waals surface area contributed by atoms with E-state index in [0.717, 1.165) is 32.1 Å². The summed E-state index contributed by atoms with van der Waals surface area (Å²) in [7, 11) is 0. The lowest BCUT2D eigenvalue weighted by molar-refractivity contribution is -0.192. The van der Waals surface area contributed by atoms with Crippen molar-refractivity contribution < 1.29 is 19.8 Å². The number of carboxylic acid groups (broad SMARTS) is 2. The van der Waals surface area contributed by atoms with E-state index in [1.807, 2.05) is 0 Å². The SMILES string of the molecule is O=C(O)C1(C(=O)O)CCC12CCCC2. The van der Waals surface area contributed by atoms with Crippen molar-refractivity contribution in [2.45, 2.75) is 38.5 Å². The first-order valence-electron chi connectivity index (χ1n) is 5.02. The fourth-order valence-corrected chi connectivity index (χ4v) is 3.22. The van der Waals surface area contributed by atoms with Crippen molar-refractivity contribution in [3.8, 4) is 0 Å². The molecule has 0 heterocycles. The van der Waals surface area contributed by atoms with Crippen LogP contribution < -0.4 is 0 Å². The summed E-state index contributed by atoms with van der Waals surface area (Å²) >= 11 is 0. The van der Waals surface area contributed by atoms with Gasteiger partial charge in [-0.2, -0.15) is 0 Å². The standard InChI is InChI=1S/C10H14O4/c11-7(12)10(8(13)14)6-5-9(10)3-1-2-4-9/h1-6H2,(H,11,12)(H,13,14). The zero-order chi connectivity index (χ0) is 10.4. The Kier molecular flexibility index (Phi) is 1.84. The van der Waals surface area contributed by atoms with Gasteiger partial charge >= 0.3 is 11.9 Å². The molecule has 2 rings (SSSR count). The third-order valence-electron chi connectivity index (χ3n) is 4.17. The lowest BCUT2D eigenvalue weighted by atomic mass is 9.48.